The molecule has 0 fully saturated rings. The summed E-state index contributed by atoms with van der Waals surface area (Å²) in [6, 6.07) is 14.3. The van der Waals surface area contributed by atoms with Gasteiger partial charge in [-0.15, -0.1) is 0 Å². The number of nitrogens with one attached hydrogen (secondary N) is 2. The Morgan fingerprint density at radius 2 is 1.57 bits per heavy atom. The van der Waals surface area contributed by atoms with E-state index in [0.29, 0.717) is 6.54 Å². The van der Waals surface area contributed by atoms with Crippen molar-refractivity contribution in [3.05, 3.63) is 59.2 Å². The maximum atomic E-state index is 12.3. The van der Waals surface area contributed by atoms with Crippen molar-refractivity contribution < 1.29 is 9.59 Å². The number of para-hydroxylation sites is 1. The highest BCUT2D eigenvalue weighted by Crippen LogP contribution is 2.19. The quantitative estimate of drug-likeness (QED) is 0.632. The Morgan fingerprint density at radius 3 is 2.20 bits per heavy atom. The molecule has 0 radical (unpaired) electrons. The summed E-state index contributed by atoms with van der Waals surface area (Å²) in [6.45, 7) is 10.6. The second-order valence-electron chi connectivity index (χ2n) is 7.76. The summed E-state index contributed by atoms with van der Waals surface area (Å²) in [4.78, 5) is 28.6. The number of rotatable bonds is 10. The molecule has 0 aliphatic carbocycles. The molecule has 2 aromatic carbocycles. The fourth-order valence-corrected chi connectivity index (χ4v) is 3.42. The zero-order valence-corrected chi connectivity index (χ0v) is 18.8. The summed E-state index contributed by atoms with van der Waals surface area (Å²) in [5.74, 6) is -0.211. The number of hydrogen-bond donors (Lipinski definition) is 2. The molecular formula is C24H34N4O2. The number of likely N-dealkylation sites (N-methyl/N-ethyl adjacent to an activating group) is 2. The lowest BCUT2D eigenvalue weighted by atomic mass is 10.1. The molecule has 2 rings (SSSR count). The average molecular weight is 411 g/mol. The standard InChI is InChI=1S/C24H34N4O2/c1-6-28(21-12-7-9-18(2)15-21)14-13-25-22(29)16-27(5)17-23(30)26-24-19(3)10-8-11-20(24)4/h7-12,15H,6,13-14,16-17H2,1-5H3,(H,25,29)(H,26,30). The zero-order valence-electron chi connectivity index (χ0n) is 18.8. The van der Waals surface area contributed by atoms with Crippen LogP contribution in [-0.4, -0.2) is 56.5 Å². The SMILES string of the molecule is CCN(CCNC(=O)CN(C)CC(=O)Nc1c(C)cccc1C)c1cccc(C)c1. The predicted molar refractivity (Wildman–Crippen MR) is 124 cm³/mol. The van der Waals surface area contributed by atoms with E-state index in [0.717, 1.165) is 35.6 Å². The highest BCUT2D eigenvalue weighted by molar-refractivity contribution is 5.94. The molecule has 0 saturated carbocycles. The summed E-state index contributed by atoms with van der Waals surface area (Å²) >= 11 is 0. The molecule has 0 saturated heterocycles. The summed E-state index contributed by atoms with van der Waals surface area (Å²) in [5.41, 5.74) is 5.27. The van der Waals surface area contributed by atoms with Gasteiger partial charge in [-0.2, -0.15) is 0 Å². The molecule has 0 aliphatic rings. The topological polar surface area (TPSA) is 64.7 Å². The second-order valence-corrected chi connectivity index (χ2v) is 7.76. The zero-order chi connectivity index (χ0) is 22.1. The molecule has 2 N–H and O–H groups in total. The third kappa shape index (κ3) is 7.19. The minimum absolute atomic E-state index is 0.0855. The fourth-order valence-electron chi connectivity index (χ4n) is 3.42. The molecule has 6 heteroatoms. The summed E-state index contributed by atoms with van der Waals surface area (Å²) in [6.07, 6.45) is 0. The molecule has 0 spiro atoms. The molecule has 0 unspecified atom stereocenters. The van der Waals surface area contributed by atoms with Crippen LogP contribution in [0.15, 0.2) is 42.5 Å². The Hall–Kier alpha value is -2.86. The van der Waals surface area contributed by atoms with Gasteiger partial charge < -0.3 is 15.5 Å². The molecule has 0 bridgehead atoms. The van der Waals surface area contributed by atoms with E-state index in [9.17, 15) is 9.59 Å². The Balaban J connectivity index is 1.75. The lowest BCUT2D eigenvalue weighted by Crippen LogP contribution is -2.41. The van der Waals surface area contributed by atoms with Gasteiger partial charge >= 0.3 is 0 Å². The number of amides is 2. The molecule has 0 aliphatic heterocycles. The first-order valence-electron chi connectivity index (χ1n) is 10.4. The van der Waals surface area contributed by atoms with Gasteiger partial charge in [-0.3, -0.25) is 14.5 Å². The number of carbonyl (C=O) groups is 2. The van der Waals surface area contributed by atoms with Gasteiger partial charge in [0.2, 0.25) is 11.8 Å². The second kappa shape index (κ2) is 11.4. The van der Waals surface area contributed by atoms with E-state index in [1.807, 2.05) is 38.1 Å². The lowest BCUT2D eigenvalue weighted by molar-refractivity contribution is -0.122. The Bertz CT molecular complexity index is 846. The van der Waals surface area contributed by atoms with Crippen LogP contribution >= 0.6 is 0 Å². The van der Waals surface area contributed by atoms with E-state index < -0.39 is 0 Å². The van der Waals surface area contributed by atoms with Gasteiger partial charge in [0.1, 0.15) is 0 Å². The van der Waals surface area contributed by atoms with Crippen LogP contribution in [0.2, 0.25) is 0 Å². The number of hydrogen-bond acceptors (Lipinski definition) is 4. The Kier molecular flexibility index (Phi) is 8.87. The largest absolute Gasteiger partial charge is 0.370 e. The van der Waals surface area contributed by atoms with Gasteiger partial charge in [-0.25, -0.2) is 0 Å². The van der Waals surface area contributed by atoms with Crippen molar-refractivity contribution >= 4 is 23.2 Å². The Morgan fingerprint density at radius 1 is 0.933 bits per heavy atom. The van der Waals surface area contributed by atoms with Crippen molar-refractivity contribution in [2.45, 2.75) is 27.7 Å². The van der Waals surface area contributed by atoms with Crippen LogP contribution in [0.4, 0.5) is 11.4 Å². The summed E-state index contributed by atoms with van der Waals surface area (Å²) in [5, 5.41) is 5.90. The van der Waals surface area contributed by atoms with Gasteiger partial charge in [-0.1, -0.05) is 30.3 Å². The van der Waals surface area contributed by atoms with Crippen LogP contribution in [0.1, 0.15) is 23.6 Å². The van der Waals surface area contributed by atoms with E-state index in [1.54, 1.807) is 11.9 Å². The van der Waals surface area contributed by atoms with Crippen LogP contribution in [0, 0.1) is 20.8 Å². The lowest BCUT2D eigenvalue weighted by Gasteiger charge is -2.24. The number of carbonyl (C=O) groups excluding carboxylic acids is 2. The maximum absolute atomic E-state index is 12.3. The normalized spacial score (nSPS) is 10.7. The molecule has 6 nitrogen and oxygen atoms in total. The monoisotopic (exact) mass is 410 g/mol. The molecule has 0 atom stereocenters. The van der Waals surface area contributed by atoms with E-state index in [4.69, 9.17) is 0 Å². The molecule has 2 aromatic rings. The van der Waals surface area contributed by atoms with E-state index >= 15 is 0 Å². The summed E-state index contributed by atoms with van der Waals surface area (Å²) < 4.78 is 0. The van der Waals surface area contributed by atoms with Crippen molar-refractivity contribution in [1.29, 1.82) is 0 Å². The van der Waals surface area contributed by atoms with Gasteiger partial charge in [0.25, 0.3) is 0 Å². The van der Waals surface area contributed by atoms with E-state index in [2.05, 4.69) is 47.6 Å². The highest BCUT2D eigenvalue weighted by atomic mass is 16.2. The Labute approximate surface area is 180 Å². The smallest absolute Gasteiger partial charge is 0.238 e. The molecule has 30 heavy (non-hydrogen) atoms. The number of nitrogens with zero attached hydrogens (tertiary/aromatic N) is 2. The van der Waals surface area contributed by atoms with Crippen molar-refractivity contribution in [3.8, 4) is 0 Å². The predicted octanol–water partition coefficient (Wildman–Crippen LogP) is 3.12. The minimum atomic E-state index is -0.126. The van der Waals surface area contributed by atoms with E-state index in [1.165, 1.54) is 5.56 Å². The van der Waals surface area contributed by atoms with Crippen LogP contribution in [0.5, 0.6) is 0 Å². The first kappa shape index (κ1) is 23.4. The van der Waals surface area contributed by atoms with Gasteiger partial charge in [-0.05, 0) is 63.6 Å². The number of benzene rings is 2. The summed E-state index contributed by atoms with van der Waals surface area (Å²) in [7, 11) is 1.77. The molecule has 2 amide bonds. The van der Waals surface area contributed by atoms with Gasteiger partial charge in [0.15, 0.2) is 0 Å². The minimum Gasteiger partial charge on any atom is -0.370 e. The van der Waals surface area contributed by atoms with Crippen LogP contribution in [0.25, 0.3) is 0 Å². The number of aryl methyl sites for hydroxylation is 3. The third-order valence-electron chi connectivity index (χ3n) is 5.03. The molecular weight excluding hydrogens is 376 g/mol. The average Bonchev–Trinajstić information content (AvgIpc) is 2.68. The van der Waals surface area contributed by atoms with Crippen molar-refractivity contribution in [3.63, 3.8) is 0 Å². The first-order chi connectivity index (χ1) is 14.3. The molecule has 162 valence electrons. The van der Waals surface area contributed by atoms with Crippen molar-refractivity contribution in [2.75, 3.05) is 50.0 Å². The van der Waals surface area contributed by atoms with Crippen molar-refractivity contribution in [2.24, 2.45) is 0 Å². The third-order valence-corrected chi connectivity index (χ3v) is 5.03. The number of anilines is 2. The molecule has 0 aromatic heterocycles. The highest BCUT2D eigenvalue weighted by Gasteiger charge is 2.13. The first-order valence-corrected chi connectivity index (χ1v) is 10.4. The van der Waals surface area contributed by atoms with Crippen LogP contribution in [-0.2, 0) is 9.59 Å². The van der Waals surface area contributed by atoms with Gasteiger partial charge in [0.05, 0.1) is 13.1 Å². The van der Waals surface area contributed by atoms with E-state index in [-0.39, 0.29) is 24.9 Å². The maximum Gasteiger partial charge on any atom is 0.238 e. The van der Waals surface area contributed by atoms with Crippen molar-refractivity contribution in [1.82, 2.24) is 10.2 Å². The van der Waals surface area contributed by atoms with Gasteiger partial charge in [0, 0.05) is 31.0 Å². The fraction of sp³-hybridized carbons (Fsp3) is 0.417. The van der Waals surface area contributed by atoms with Crippen LogP contribution in [0.3, 0.4) is 0 Å². The molecule has 0 heterocycles. The van der Waals surface area contributed by atoms with Crippen LogP contribution < -0.4 is 15.5 Å².